The van der Waals surface area contributed by atoms with Gasteiger partial charge in [-0.05, 0) is 57.3 Å². The molecule has 2 fully saturated rings. The van der Waals surface area contributed by atoms with Crippen LogP contribution in [0.1, 0.15) is 111 Å². The summed E-state index contributed by atoms with van der Waals surface area (Å²) in [5.74, 6) is 1.15. The number of carbonyl (C=O) groups excluding carboxylic acids is 1. The van der Waals surface area contributed by atoms with Gasteiger partial charge in [0.1, 0.15) is 6.10 Å². The van der Waals surface area contributed by atoms with Gasteiger partial charge in [0, 0.05) is 18.2 Å². The lowest BCUT2D eigenvalue weighted by Gasteiger charge is -2.47. The Kier molecular flexibility index (Phi) is 12.1. The second kappa shape index (κ2) is 14.2. The summed E-state index contributed by atoms with van der Waals surface area (Å²) in [5.41, 5.74) is 0. The summed E-state index contributed by atoms with van der Waals surface area (Å²) in [6.07, 6.45) is 19.3. The molecule has 1 unspecified atom stereocenters. The molecule has 1 aliphatic carbocycles. The minimum Gasteiger partial charge on any atom is -0.458 e. The van der Waals surface area contributed by atoms with Crippen molar-refractivity contribution in [2.24, 2.45) is 11.8 Å². The summed E-state index contributed by atoms with van der Waals surface area (Å²) in [5, 5.41) is 13.7. The molecule has 1 saturated carbocycles. The number of hydrogen-bond donors (Lipinski definition) is 2. The summed E-state index contributed by atoms with van der Waals surface area (Å²) in [6, 6.07) is 0.801. The molecule has 6 atom stereocenters. The average Bonchev–Trinajstić information content (AvgIpc) is 2.72. The number of fused-ring (bicyclic) bond motifs is 1. The molecule has 4 nitrogen and oxygen atoms in total. The van der Waals surface area contributed by atoms with Gasteiger partial charge in [0.15, 0.2) is 0 Å². The first kappa shape index (κ1) is 25.4. The molecule has 0 aromatic rings. The van der Waals surface area contributed by atoms with Crippen LogP contribution >= 0.6 is 0 Å². The average molecular weight is 422 g/mol. The maximum absolute atomic E-state index is 12.3. The number of aliphatic hydroxyl groups excluding tert-OH is 1. The Morgan fingerprint density at radius 3 is 2.73 bits per heavy atom. The fraction of sp³-hybridized carbons (Fsp3) is 0.885. The molecule has 0 amide bonds. The molecule has 174 valence electrons. The molecule has 1 saturated heterocycles. The van der Waals surface area contributed by atoms with Crippen molar-refractivity contribution in [2.45, 2.75) is 135 Å². The Labute approximate surface area is 185 Å². The van der Waals surface area contributed by atoms with Crippen LogP contribution in [0.25, 0.3) is 0 Å². The summed E-state index contributed by atoms with van der Waals surface area (Å²) >= 11 is 0. The van der Waals surface area contributed by atoms with Crippen molar-refractivity contribution in [2.75, 3.05) is 0 Å². The first-order chi connectivity index (χ1) is 14.5. The number of aliphatic hydroxyl groups is 1. The van der Waals surface area contributed by atoms with Crippen LogP contribution in [0.15, 0.2) is 12.2 Å². The van der Waals surface area contributed by atoms with E-state index >= 15 is 0 Å². The first-order valence-electron chi connectivity index (χ1n) is 12.9. The molecule has 4 heteroatoms. The topological polar surface area (TPSA) is 58.6 Å². The van der Waals surface area contributed by atoms with Crippen molar-refractivity contribution < 1.29 is 14.6 Å². The van der Waals surface area contributed by atoms with E-state index in [9.17, 15) is 9.90 Å². The summed E-state index contributed by atoms with van der Waals surface area (Å²) in [6.45, 7) is 6.49. The highest BCUT2D eigenvalue weighted by Crippen LogP contribution is 2.40. The zero-order valence-corrected chi connectivity index (χ0v) is 19.8. The fourth-order valence-corrected chi connectivity index (χ4v) is 5.49. The molecule has 30 heavy (non-hydrogen) atoms. The maximum Gasteiger partial charge on any atom is 0.330 e. The number of allylic oxidation sites excluding steroid dienone is 1. The Morgan fingerprint density at radius 2 is 1.97 bits per heavy atom. The Balaban J connectivity index is 1.79. The van der Waals surface area contributed by atoms with Crippen LogP contribution in [0, 0.1) is 11.8 Å². The molecule has 0 aromatic heterocycles. The number of piperidine rings is 1. The molecule has 2 rings (SSSR count). The van der Waals surface area contributed by atoms with Crippen LogP contribution in [-0.2, 0) is 9.53 Å². The molecule has 0 spiro atoms. The summed E-state index contributed by atoms with van der Waals surface area (Å²) < 4.78 is 5.87. The lowest BCUT2D eigenvalue weighted by molar-refractivity contribution is -0.148. The van der Waals surface area contributed by atoms with Gasteiger partial charge in [-0.3, -0.25) is 0 Å². The van der Waals surface area contributed by atoms with Crippen LogP contribution in [0.4, 0.5) is 0 Å². The minimum absolute atomic E-state index is 0.0222. The minimum atomic E-state index is -0.180. The lowest BCUT2D eigenvalue weighted by Crippen LogP contribution is -2.57. The fourth-order valence-electron chi connectivity index (χ4n) is 5.49. The van der Waals surface area contributed by atoms with Gasteiger partial charge in [0.2, 0.25) is 0 Å². The number of unbranched alkanes of at least 4 members (excludes halogenated alkanes) is 4. The van der Waals surface area contributed by atoms with Crippen LogP contribution < -0.4 is 5.32 Å². The van der Waals surface area contributed by atoms with Crippen molar-refractivity contribution in [3.63, 3.8) is 0 Å². The van der Waals surface area contributed by atoms with Crippen LogP contribution in [-0.4, -0.2) is 35.4 Å². The molecule has 0 aromatic carbocycles. The SMILES string of the molecule is CCCCC/C=C/C(=O)O[C@@H]1C[C@H]2[C@@H](CCCCC(O)CCC)CCC[C@H]2N[C@H]1C. The molecule has 0 bridgehead atoms. The van der Waals surface area contributed by atoms with E-state index in [1.165, 1.54) is 44.9 Å². The molecular formula is C26H47NO3. The zero-order chi connectivity index (χ0) is 21.8. The van der Waals surface area contributed by atoms with Crippen molar-refractivity contribution in [3.05, 3.63) is 12.2 Å². The second-order valence-electron chi connectivity index (χ2n) is 9.75. The van der Waals surface area contributed by atoms with E-state index in [0.717, 1.165) is 50.9 Å². The second-order valence-corrected chi connectivity index (χ2v) is 9.75. The largest absolute Gasteiger partial charge is 0.458 e. The Hall–Kier alpha value is -0.870. The van der Waals surface area contributed by atoms with Gasteiger partial charge in [-0.15, -0.1) is 0 Å². The standard InChI is InChI=1S/C26H47NO3/c1-4-6-7-8-9-18-26(29)30-25-19-23-21(14-10-11-16-22(28)13-5-2)15-12-17-24(23)27-20(25)3/h9,18,20-25,27-28H,4-8,10-17,19H2,1-3H3/b18-9+/t20-,21-,22?,23-,24+,25+/m0/s1. The van der Waals surface area contributed by atoms with E-state index in [4.69, 9.17) is 4.74 Å². The van der Waals surface area contributed by atoms with Crippen molar-refractivity contribution in [3.8, 4) is 0 Å². The van der Waals surface area contributed by atoms with Gasteiger partial charge in [-0.25, -0.2) is 4.79 Å². The third-order valence-electron chi connectivity index (χ3n) is 7.23. The number of carbonyl (C=O) groups is 1. The van der Waals surface area contributed by atoms with Gasteiger partial charge in [-0.2, -0.15) is 0 Å². The molecule has 2 aliphatic rings. The van der Waals surface area contributed by atoms with E-state index in [-0.39, 0.29) is 24.2 Å². The maximum atomic E-state index is 12.3. The van der Waals surface area contributed by atoms with Crippen LogP contribution in [0.3, 0.4) is 0 Å². The number of hydrogen-bond acceptors (Lipinski definition) is 4. The Morgan fingerprint density at radius 1 is 1.13 bits per heavy atom. The van der Waals surface area contributed by atoms with Crippen LogP contribution in [0.5, 0.6) is 0 Å². The highest BCUT2D eigenvalue weighted by atomic mass is 16.5. The Bertz CT molecular complexity index is 507. The van der Waals surface area contributed by atoms with Crippen LogP contribution in [0.2, 0.25) is 0 Å². The summed E-state index contributed by atoms with van der Waals surface area (Å²) in [7, 11) is 0. The normalized spacial score (nSPS) is 30.2. The van der Waals surface area contributed by atoms with Gasteiger partial charge >= 0.3 is 5.97 Å². The molecular weight excluding hydrogens is 374 g/mol. The van der Waals surface area contributed by atoms with Crippen molar-refractivity contribution >= 4 is 5.97 Å². The molecule has 2 N–H and O–H groups in total. The third kappa shape index (κ3) is 8.70. The molecule has 1 heterocycles. The van der Waals surface area contributed by atoms with E-state index in [1.807, 2.05) is 6.08 Å². The zero-order valence-electron chi connectivity index (χ0n) is 19.8. The summed E-state index contributed by atoms with van der Waals surface area (Å²) in [4.78, 5) is 12.3. The number of rotatable bonds is 13. The predicted molar refractivity (Wildman–Crippen MR) is 124 cm³/mol. The van der Waals surface area contributed by atoms with Gasteiger partial charge in [0.25, 0.3) is 0 Å². The highest BCUT2D eigenvalue weighted by Gasteiger charge is 2.41. The predicted octanol–water partition coefficient (Wildman–Crippen LogP) is 5.92. The molecule has 1 aliphatic heterocycles. The lowest BCUT2D eigenvalue weighted by atomic mass is 9.68. The smallest absolute Gasteiger partial charge is 0.330 e. The molecule has 0 radical (unpaired) electrons. The highest BCUT2D eigenvalue weighted by molar-refractivity contribution is 5.82. The van der Waals surface area contributed by atoms with E-state index in [0.29, 0.717) is 12.0 Å². The monoisotopic (exact) mass is 421 g/mol. The first-order valence-corrected chi connectivity index (χ1v) is 12.9. The van der Waals surface area contributed by atoms with E-state index in [2.05, 4.69) is 26.1 Å². The number of ether oxygens (including phenoxy) is 1. The van der Waals surface area contributed by atoms with Crippen molar-refractivity contribution in [1.29, 1.82) is 0 Å². The van der Waals surface area contributed by atoms with E-state index in [1.54, 1.807) is 6.08 Å². The number of nitrogens with one attached hydrogen (secondary N) is 1. The van der Waals surface area contributed by atoms with Gasteiger partial charge < -0.3 is 15.2 Å². The quantitative estimate of drug-likeness (QED) is 0.220. The van der Waals surface area contributed by atoms with Crippen molar-refractivity contribution in [1.82, 2.24) is 5.32 Å². The third-order valence-corrected chi connectivity index (χ3v) is 7.23. The van der Waals surface area contributed by atoms with Gasteiger partial charge in [-0.1, -0.05) is 71.3 Å². The number of esters is 1. The van der Waals surface area contributed by atoms with Gasteiger partial charge in [0.05, 0.1) is 6.10 Å². The van der Waals surface area contributed by atoms with E-state index < -0.39 is 0 Å².